The molecule has 0 aromatic heterocycles. The minimum Gasteiger partial charge on any atom is -0.465 e. The van der Waals surface area contributed by atoms with E-state index in [1.807, 2.05) is 49.4 Å². The Morgan fingerprint density at radius 1 is 0.966 bits per heavy atom. The van der Waals surface area contributed by atoms with Crippen molar-refractivity contribution >= 4 is 23.6 Å². The van der Waals surface area contributed by atoms with Crippen LogP contribution in [0.2, 0.25) is 0 Å². The maximum absolute atomic E-state index is 12.1. The lowest BCUT2D eigenvalue weighted by atomic mass is 9.91. The molecule has 5 nitrogen and oxygen atoms in total. The number of hydrogen-bond donors (Lipinski definition) is 2. The van der Waals surface area contributed by atoms with Gasteiger partial charge in [0, 0.05) is 23.5 Å². The molecule has 0 saturated carbocycles. The predicted octanol–water partition coefficient (Wildman–Crippen LogP) is 4.61. The Morgan fingerprint density at radius 3 is 2.28 bits per heavy atom. The first kappa shape index (κ1) is 20.1. The molecule has 0 aliphatic carbocycles. The van der Waals surface area contributed by atoms with Gasteiger partial charge in [0.1, 0.15) is 11.8 Å². The Balaban J connectivity index is 1.82. The number of nitrogens with one attached hydrogen (secondary N) is 2. The maximum Gasteiger partial charge on any atom is 0.337 e. The SMILES string of the molecule is COC(=O)c1ccc(NC(C)(C=O)c2ccccc2NCc2ccccc2)cc1. The van der Waals surface area contributed by atoms with Gasteiger partial charge in [0.05, 0.1) is 12.7 Å². The second kappa shape index (κ2) is 9.06. The smallest absolute Gasteiger partial charge is 0.337 e. The number of para-hydroxylation sites is 1. The number of ether oxygens (including phenoxy) is 1. The molecule has 0 fully saturated rings. The van der Waals surface area contributed by atoms with Crippen LogP contribution < -0.4 is 10.6 Å². The van der Waals surface area contributed by atoms with E-state index in [9.17, 15) is 9.59 Å². The number of hydrogen-bond acceptors (Lipinski definition) is 5. The van der Waals surface area contributed by atoms with Gasteiger partial charge in [-0.25, -0.2) is 4.79 Å². The van der Waals surface area contributed by atoms with E-state index < -0.39 is 11.5 Å². The summed E-state index contributed by atoms with van der Waals surface area (Å²) >= 11 is 0. The number of rotatable bonds is 8. The van der Waals surface area contributed by atoms with E-state index in [1.54, 1.807) is 24.3 Å². The zero-order chi connectivity index (χ0) is 20.7. The molecule has 0 saturated heterocycles. The molecule has 0 amide bonds. The molecule has 0 radical (unpaired) electrons. The summed E-state index contributed by atoms with van der Waals surface area (Å²) in [6, 6.07) is 24.7. The van der Waals surface area contributed by atoms with Crippen LogP contribution in [-0.2, 0) is 21.6 Å². The van der Waals surface area contributed by atoms with Crippen molar-refractivity contribution in [2.75, 3.05) is 17.7 Å². The van der Waals surface area contributed by atoms with Gasteiger partial charge in [-0.05, 0) is 42.8 Å². The van der Waals surface area contributed by atoms with Crippen LogP contribution in [0.1, 0.15) is 28.4 Å². The molecule has 148 valence electrons. The van der Waals surface area contributed by atoms with Gasteiger partial charge < -0.3 is 20.2 Å². The van der Waals surface area contributed by atoms with Crippen molar-refractivity contribution < 1.29 is 14.3 Å². The van der Waals surface area contributed by atoms with E-state index in [0.29, 0.717) is 12.1 Å². The lowest BCUT2D eigenvalue weighted by Crippen LogP contribution is -2.34. The first-order valence-electron chi connectivity index (χ1n) is 9.36. The van der Waals surface area contributed by atoms with Gasteiger partial charge >= 0.3 is 5.97 Å². The number of methoxy groups -OCH3 is 1. The fourth-order valence-electron chi connectivity index (χ4n) is 3.15. The zero-order valence-electron chi connectivity index (χ0n) is 16.5. The molecule has 0 heterocycles. The van der Waals surface area contributed by atoms with Gasteiger partial charge in [-0.2, -0.15) is 0 Å². The third-order valence-electron chi connectivity index (χ3n) is 4.76. The van der Waals surface area contributed by atoms with Gasteiger partial charge in [0.15, 0.2) is 0 Å². The van der Waals surface area contributed by atoms with Crippen LogP contribution in [0.5, 0.6) is 0 Å². The third-order valence-corrected chi connectivity index (χ3v) is 4.76. The fraction of sp³-hybridized carbons (Fsp3) is 0.167. The van der Waals surface area contributed by atoms with Crippen LogP contribution >= 0.6 is 0 Å². The second-order valence-corrected chi connectivity index (χ2v) is 6.90. The standard InChI is InChI=1S/C24H24N2O3/c1-24(17-27,26-20-14-12-19(13-15-20)23(28)29-2)21-10-6-7-11-22(21)25-16-18-8-4-3-5-9-18/h3-15,17,25-26H,16H2,1-2H3. The third kappa shape index (κ3) is 4.82. The molecule has 5 heteroatoms. The summed E-state index contributed by atoms with van der Waals surface area (Å²) in [5.74, 6) is -0.398. The number of carbonyl (C=O) groups is 2. The van der Waals surface area contributed by atoms with E-state index in [0.717, 1.165) is 28.8 Å². The van der Waals surface area contributed by atoms with Crippen molar-refractivity contribution in [3.63, 3.8) is 0 Å². The molecule has 3 aromatic carbocycles. The number of benzene rings is 3. The lowest BCUT2D eigenvalue weighted by Gasteiger charge is -2.29. The predicted molar refractivity (Wildman–Crippen MR) is 115 cm³/mol. The molecule has 0 spiro atoms. The average Bonchev–Trinajstić information content (AvgIpc) is 2.78. The van der Waals surface area contributed by atoms with Crippen LogP contribution in [-0.4, -0.2) is 19.4 Å². The van der Waals surface area contributed by atoms with E-state index in [1.165, 1.54) is 7.11 Å². The van der Waals surface area contributed by atoms with E-state index in [4.69, 9.17) is 4.74 Å². The van der Waals surface area contributed by atoms with Gasteiger partial charge in [0.2, 0.25) is 0 Å². The van der Waals surface area contributed by atoms with Crippen molar-refractivity contribution in [3.8, 4) is 0 Å². The van der Waals surface area contributed by atoms with E-state index in [-0.39, 0.29) is 0 Å². The Morgan fingerprint density at radius 2 is 1.62 bits per heavy atom. The topological polar surface area (TPSA) is 67.4 Å². The molecule has 0 aliphatic heterocycles. The van der Waals surface area contributed by atoms with E-state index in [2.05, 4.69) is 22.8 Å². The lowest BCUT2D eigenvalue weighted by molar-refractivity contribution is -0.111. The summed E-state index contributed by atoms with van der Waals surface area (Å²) in [7, 11) is 1.34. The number of carbonyl (C=O) groups excluding carboxylic acids is 2. The number of anilines is 2. The molecule has 2 N–H and O–H groups in total. The Kier molecular flexibility index (Phi) is 6.29. The first-order valence-corrected chi connectivity index (χ1v) is 9.36. The van der Waals surface area contributed by atoms with Gasteiger partial charge in [-0.1, -0.05) is 48.5 Å². The summed E-state index contributed by atoms with van der Waals surface area (Å²) in [6.07, 6.45) is 0.893. The molecule has 0 aliphatic rings. The van der Waals surface area contributed by atoms with E-state index >= 15 is 0 Å². The van der Waals surface area contributed by atoms with Crippen LogP contribution in [0.4, 0.5) is 11.4 Å². The van der Waals surface area contributed by atoms with Crippen molar-refractivity contribution in [1.29, 1.82) is 0 Å². The zero-order valence-corrected chi connectivity index (χ0v) is 16.5. The summed E-state index contributed by atoms with van der Waals surface area (Å²) in [6.45, 7) is 2.48. The van der Waals surface area contributed by atoms with Crippen LogP contribution in [0.25, 0.3) is 0 Å². The van der Waals surface area contributed by atoms with Crippen molar-refractivity contribution in [3.05, 3.63) is 95.6 Å². The average molecular weight is 388 g/mol. The highest BCUT2D eigenvalue weighted by molar-refractivity contribution is 5.89. The van der Waals surface area contributed by atoms with Gasteiger partial charge in [0.25, 0.3) is 0 Å². The highest BCUT2D eigenvalue weighted by atomic mass is 16.5. The Labute approximate surface area is 170 Å². The minimum absolute atomic E-state index is 0.398. The van der Waals surface area contributed by atoms with Crippen molar-refractivity contribution in [1.82, 2.24) is 0 Å². The monoisotopic (exact) mass is 388 g/mol. The quantitative estimate of drug-likeness (QED) is 0.436. The molecule has 29 heavy (non-hydrogen) atoms. The minimum atomic E-state index is -0.951. The first-order chi connectivity index (χ1) is 14.1. The Bertz CT molecular complexity index is 971. The van der Waals surface area contributed by atoms with Crippen LogP contribution in [0.3, 0.4) is 0 Å². The Hall–Kier alpha value is -3.60. The number of esters is 1. The largest absolute Gasteiger partial charge is 0.465 e. The van der Waals surface area contributed by atoms with Crippen molar-refractivity contribution in [2.24, 2.45) is 0 Å². The molecule has 1 atom stereocenters. The summed E-state index contributed by atoms with van der Waals surface area (Å²) in [4.78, 5) is 23.7. The maximum atomic E-state index is 12.1. The van der Waals surface area contributed by atoms with Crippen molar-refractivity contribution in [2.45, 2.75) is 19.0 Å². The normalized spacial score (nSPS) is 12.5. The number of aldehydes is 1. The van der Waals surface area contributed by atoms with Gasteiger partial charge in [-0.3, -0.25) is 0 Å². The summed E-state index contributed by atoms with van der Waals surface area (Å²) < 4.78 is 4.72. The molecular formula is C24H24N2O3. The summed E-state index contributed by atoms with van der Waals surface area (Å²) in [5.41, 5.74) is 3.10. The second-order valence-electron chi connectivity index (χ2n) is 6.90. The highest BCUT2D eigenvalue weighted by Crippen LogP contribution is 2.30. The molecule has 1 unspecified atom stereocenters. The molecule has 0 bridgehead atoms. The molecule has 3 aromatic rings. The fourth-order valence-corrected chi connectivity index (χ4v) is 3.15. The van der Waals surface area contributed by atoms with Crippen LogP contribution in [0, 0.1) is 0 Å². The van der Waals surface area contributed by atoms with Crippen LogP contribution in [0.15, 0.2) is 78.9 Å². The summed E-state index contributed by atoms with van der Waals surface area (Å²) in [5, 5.41) is 6.71. The molecule has 3 rings (SSSR count). The highest BCUT2D eigenvalue weighted by Gasteiger charge is 2.28. The molecular weight excluding hydrogens is 364 g/mol. The van der Waals surface area contributed by atoms with Gasteiger partial charge in [-0.15, -0.1) is 0 Å².